The molecule has 29 heavy (non-hydrogen) atoms. The third-order valence-corrected chi connectivity index (χ3v) is 4.75. The molecule has 1 aliphatic rings. The fourth-order valence-electron chi connectivity index (χ4n) is 3.30. The first-order valence-electron chi connectivity index (χ1n) is 10.1. The molecule has 1 aliphatic heterocycles. The standard InChI is InChI=1S/C20H31N7O.HI/c1-3-19-25-24-16-27(19)10-9-22-20(21-4-2)23-15-17-7-5-6-8-18(17)26-11-13-28-14-12-26;/h5-8,16H,3-4,9-15H2,1-2H3,(H2,21,22,23);1H. The summed E-state index contributed by atoms with van der Waals surface area (Å²) < 4.78 is 7.56. The zero-order valence-electron chi connectivity index (χ0n) is 17.3. The van der Waals surface area contributed by atoms with Crippen LogP contribution in [0.1, 0.15) is 25.2 Å². The fourth-order valence-corrected chi connectivity index (χ4v) is 3.30. The van der Waals surface area contributed by atoms with Crippen LogP contribution in [-0.4, -0.2) is 60.1 Å². The number of aliphatic imine (C=N–C) groups is 1. The Morgan fingerprint density at radius 3 is 2.72 bits per heavy atom. The predicted molar refractivity (Wildman–Crippen MR) is 127 cm³/mol. The molecule has 8 nitrogen and oxygen atoms in total. The van der Waals surface area contributed by atoms with Crippen LogP contribution in [0, 0.1) is 0 Å². The van der Waals surface area contributed by atoms with Crippen molar-refractivity contribution in [3.05, 3.63) is 42.0 Å². The lowest BCUT2D eigenvalue weighted by molar-refractivity contribution is 0.122. The Balaban J connectivity index is 0.00000300. The van der Waals surface area contributed by atoms with E-state index in [1.807, 2.05) is 0 Å². The van der Waals surface area contributed by atoms with Gasteiger partial charge in [0.2, 0.25) is 0 Å². The average molecular weight is 513 g/mol. The van der Waals surface area contributed by atoms with Crippen molar-refractivity contribution >= 4 is 35.6 Å². The molecular formula is C20H32IN7O. The molecule has 3 rings (SSSR count). The molecule has 0 amide bonds. The molecule has 0 spiro atoms. The number of halogens is 1. The monoisotopic (exact) mass is 513 g/mol. The first-order chi connectivity index (χ1) is 13.8. The molecule has 2 aromatic rings. The lowest BCUT2D eigenvalue weighted by Crippen LogP contribution is -2.39. The van der Waals surface area contributed by atoms with Gasteiger partial charge < -0.3 is 24.8 Å². The Morgan fingerprint density at radius 2 is 1.97 bits per heavy atom. The van der Waals surface area contributed by atoms with E-state index in [0.29, 0.717) is 6.54 Å². The second-order valence-corrected chi connectivity index (χ2v) is 6.64. The Bertz CT molecular complexity index is 759. The maximum absolute atomic E-state index is 5.48. The van der Waals surface area contributed by atoms with E-state index in [9.17, 15) is 0 Å². The Kier molecular flexibility index (Phi) is 10.2. The van der Waals surface area contributed by atoms with Crippen molar-refractivity contribution in [1.82, 2.24) is 25.4 Å². The van der Waals surface area contributed by atoms with E-state index in [1.165, 1.54) is 11.3 Å². The predicted octanol–water partition coefficient (Wildman–Crippen LogP) is 2.05. The van der Waals surface area contributed by atoms with Gasteiger partial charge in [-0.3, -0.25) is 0 Å². The molecule has 0 saturated carbocycles. The molecule has 0 atom stereocenters. The van der Waals surface area contributed by atoms with E-state index in [1.54, 1.807) is 6.33 Å². The highest BCUT2D eigenvalue weighted by Gasteiger charge is 2.14. The van der Waals surface area contributed by atoms with Crippen LogP contribution in [-0.2, 0) is 24.2 Å². The summed E-state index contributed by atoms with van der Waals surface area (Å²) >= 11 is 0. The second kappa shape index (κ2) is 12.6. The van der Waals surface area contributed by atoms with Crippen LogP contribution in [0.3, 0.4) is 0 Å². The van der Waals surface area contributed by atoms with Crippen LogP contribution in [0.15, 0.2) is 35.6 Å². The lowest BCUT2D eigenvalue weighted by Gasteiger charge is -2.30. The van der Waals surface area contributed by atoms with E-state index in [0.717, 1.165) is 64.1 Å². The normalized spacial score (nSPS) is 14.4. The summed E-state index contributed by atoms with van der Waals surface area (Å²) in [6, 6.07) is 8.50. The van der Waals surface area contributed by atoms with Gasteiger partial charge >= 0.3 is 0 Å². The molecule has 0 aliphatic carbocycles. The molecular weight excluding hydrogens is 481 g/mol. The molecule has 2 heterocycles. The van der Waals surface area contributed by atoms with Gasteiger partial charge in [-0.15, -0.1) is 34.2 Å². The SMILES string of the molecule is CCNC(=NCc1ccccc1N1CCOCC1)NCCn1cnnc1CC.I. The number of hydrogen-bond donors (Lipinski definition) is 2. The zero-order valence-corrected chi connectivity index (χ0v) is 19.6. The van der Waals surface area contributed by atoms with E-state index in [2.05, 4.69) is 68.4 Å². The second-order valence-electron chi connectivity index (χ2n) is 6.64. The van der Waals surface area contributed by atoms with Gasteiger partial charge in [0.05, 0.1) is 19.8 Å². The summed E-state index contributed by atoms with van der Waals surface area (Å²) in [5.41, 5.74) is 2.48. The average Bonchev–Trinajstić information content (AvgIpc) is 3.20. The van der Waals surface area contributed by atoms with Crippen molar-refractivity contribution in [1.29, 1.82) is 0 Å². The summed E-state index contributed by atoms with van der Waals surface area (Å²) in [5.74, 6) is 1.83. The van der Waals surface area contributed by atoms with Crippen molar-refractivity contribution in [3.8, 4) is 0 Å². The molecule has 0 radical (unpaired) electrons. The topological polar surface area (TPSA) is 79.6 Å². The van der Waals surface area contributed by atoms with Crippen molar-refractivity contribution in [3.63, 3.8) is 0 Å². The number of anilines is 1. The summed E-state index contributed by atoms with van der Waals surface area (Å²) in [5, 5.41) is 14.8. The number of para-hydroxylation sites is 1. The van der Waals surface area contributed by atoms with Crippen LogP contribution in [0.2, 0.25) is 0 Å². The molecule has 2 N–H and O–H groups in total. The van der Waals surface area contributed by atoms with Crippen molar-refractivity contribution in [2.24, 2.45) is 4.99 Å². The number of benzene rings is 1. The van der Waals surface area contributed by atoms with Gasteiger partial charge in [-0.25, -0.2) is 4.99 Å². The smallest absolute Gasteiger partial charge is 0.191 e. The minimum atomic E-state index is 0. The number of aryl methyl sites for hydroxylation is 1. The van der Waals surface area contributed by atoms with Gasteiger partial charge in [0, 0.05) is 44.8 Å². The highest BCUT2D eigenvalue weighted by Crippen LogP contribution is 2.22. The van der Waals surface area contributed by atoms with Crippen LogP contribution in [0.5, 0.6) is 0 Å². The van der Waals surface area contributed by atoms with Gasteiger partial charge in [-0.2, -0.15) is 0 Å². The Morgan fingerprint density at radius 1 is 1.17 bits per heavy atom. The minimum Gasteiger partial charge on any atom is -0.378 e. The highest BCUT2D eigenvalue weighted by atomic mass is 127. The summed E-state index contributed by atoms with van der Waals surface area (Å²) in [6.45, 7) is 10.6. The van der Waals surface area contributed by atoms with E-state index < -0.39 is 0 Å². The van der Waals surface area contributed by atoms with E-state index >= 15 is 0 Å². The maximum Gasteiger partial charge on any atom is 0.191 e. The molecule has 0 bridgehead atoms. The molecule has 160 valence electrons. The van der Waals surface area contributed by atoms with Crippen LogP contribution >= 0.6 is 24.0 Å². The number of aromatic nitrogens is 3. The van der Waals surface area contributed by atoms with Crippen LogP contribution < -0.4 is 15.5 Å². The first kappa shape index (κ1) is 23.4. The third-order valence-electron chi connectivity index (χ3n) is 4.75. The number of ether oxygens (including phenoxy) is 1. The number of nitrogens with one attached hydrogen (secondary N) is 2. The quantitative estimate of drug-likeness (QED) is 0.320. The maximum atomic E-state index is 5.48. The lowest BCUT2D eigenvalue weighted by atomic mass is 10.1. The molecule has 1 aromatic heterocycles. The fraction of sp³-hybridized carbons (Fsp3) is 0.550. The van der Waals surface area contributed by atoms with Crippen molar-refractivity contribution in [2.45, 2.75) is 33.4 Å². The van der Waals surface area contributed by atoms with Crippen LogP contribution in [0.25, 0.3) is 0 Å². The molecule has 1 aromatic carbocycles. The van der Waals surface area contributed by atoms with Gasteiger partial charge in [0.15, 0.2) is 5.96 Å². The number of hydrogen-bond acceptors (Lipinski definition) is 5. The van der Waals surface area contributed by atoms with Crippen molar-refractivity contribution in [2.75, 3.05) is 44.3 Å². The number of nitrogens with zero attached hydrogens (tertiary/aromatic N) is 5. The number of morpholine rings is 1. The molecule has 9 heteroatoms. The Labute approximate surface area is 190 Å². The van der Waals surface area contributed by atoms with Crippen molar-refractivity contribution < 1.29 is 4.74 Å². The largest absolute Gasteiger partial charge is 0.378 e. The minimum absolute atomic E-state index is 0. The summed E-state index contributed by atoms with van der Waals surface area (Å²) in [6.07, 6.45) is 2.66. The van der Waals surface area contributed by atoms with Crippen LogP contribution in [0.4, 0.5) is 5.69 Å². The molecule has 1 saturated heterocycles. The first-order valence-corrected chi connectivity index (χ1v) is 10.1. The summed E-state index contributed by atoms with van der Waals surface area (Å²) in [7, 11) is 0. The van der Waals surface area contributed by atoms with E-state index in [-0.39, 0.29) is 24.0 Å². The number of guanidine groups is 1. The van der Waals surface area contributed by atoms with Gasteiger partial charge in [0.1, 0.15) is 12.2 Å². The van der Waals surface area contributed by atoms with Gasteiger partial charge in [-0.1, -0.05) is 25.1 Å². The number of rotatable bonds is 8. The van der Waals surface area contributed by atoms with E-state index in [4.69, 9.17) is 9.73 Å². The molecule has 1 fully saturated rings. The van der Waals surface area contributed by atoms with Gasteiger partial charge in [0.25, 0.3) is 0 Å². The summed E-state index contributed by atoms with van der Waals surface area (Å²) in [4.78, 5) is 7.18. The molecule has 0 unspecified atom stereocenters. The highest BCUT2D eigenvalue weighted by molar-refractivity contribution is 14.0. The zero-order chi connectivity index (χ0) is 19.6. The Hall–Kier alpha value is -1.88. The third kappa shape index (κ3) is 6.84. The van der Waals surface area contributed by atoms with Gasteiger partial charge in [-0.05, 0) is 18.6 Å².